The molecular formula is C39H50N4O5. The molecule has 4 aliphatic carbocycles. The zero-order valence-corrected chi connectivity index (χ0v) is 28.9. The standard InChI is InChI=1S/C39H50N4O5/c1-24(16-34(44)48-38(2,3)4)42-32-12-8-6-10-27(32)14-15-40-36(45)39(5,22-30-23-41-33-13-9-7-11-31(30)33)43-37(46)47-35-28-18-25-17-26(20-28)21-29(35)19-25/h6-13,23,25-26,28-29,35,41H,14-22H2,1-5H3,(H,40,45)(H,43,46). The van der Waals surface area contributed by atoms with Crippen LogP contribution in [0.2, 0.25) is 0 Å². The van der Waals surface area contributed by atoms with Crippen LogP contribution in [0.5, 0.6) is 0 Å². The number of fused-ring (bicyclic) bond motifs is 1. The van der Waals surface area contributed by atoms with Crippen LogP contribution in [-0.2, 0) is 31.9 Å². The molecule has 4 fully saturated rings. The molecule has 48 heavy (non-hydrogen) atoms. The van der Waals surface area contributed by atoms with Gasteiger partial charge in [0.15, 0.2) is 0 Å². The Labute approximate surface area is 283 Å². The number of benzene rings is 2. The molecule has 1 aromatic heterocycles. The number of aliphatic imine (C=N–C) groups is 1. The van der Waals surface area contributed by atoms with Crippen molar-refractivity contribution in [3.05, 3.63) is 65.9 Å². The molecule has 4 bridgehead atoms. The molecule has 0 radical (unpaired) electrons. The number of carbonyl (C=O) groups excluding carboxylic acids is 3. The molecule has 9 heteroatoms. The van der Waals surface area contributed by atoms with E-state index in [-0.39, 0.29) is 24.4 Å². The lowest BCUT2D eigenvalue weighted by Gasteiger charge is -2.53. The summed E-state index contributed by atoms with van der Waals surface area (Å²) in [6.45, 7) is 9.45. The van der Waals surface area contributed by atoms with Crippen molar-refractivity contribution in [2.24, 2.45) is 28.7 Å². The van der Waals surface area contributed by atoms with Crippen molar-refractivity contribution >= 4 is 40.3 Å². The maximum Gasteiger partial charge on any atom is 0.408 e. The van der Waals surface area contributed by atoms with Crippen LogP contribution >= 0.6 is 0 Å². The van der Waals surface area contributed by atoms with Gasteiger partial charge in [0.25, 0.3) is 0 Å². The second-order valence-corrected chi connectivity index (χ2v) is 15.5. The Morgan fingerprint density at radius 3 is 2.27 bits per heavy atom. The summed E-state index contributed by atoms with van der Waals surface area (Å²) in [6.07, 6.45) is 8.13. The van der Waals surface area contributed by atoms with Gasteiger partial charge in [0.05, 0.1) is 12.1 Å². The van der Waals surface area contributed by atoms with Crippen LogP contribution in [0.4, 0.5) is 10.5 Å². The van der Waals surface area contributed by atoms with Crippen LogP contribution in [0.15, 0.2) is 59.7 Å². The van der Waals surface area contributed by atoms with Crippen molar-refractivity contribution in [1.82, 2.24) is 15.6 Å². The molecule has 2 amide bonds. The van der Waals surface area contributed by atoms with E-state index in [1.165, 1.54) is 6.42 Å². The SMILES string of the molecule is CC(CC(=O)OC(C)(C)C)=Nc1ccccc1CCNC(=O)C(C)(Cc1c[nH]c2ccccc12)NC(=O)OC1C2CC3CC(C2)CC1C3. The molecule has 4 aliphatic rings. The molecule has 1 unspecified atom stereocenters. The van der Waals surface area contributed by atoms with Crippen LogP contribution in [0.1, 0.15) is 84.3 Å². The summed E-state index contributed by atoms with van der Waals surface area (Å²) in [4.78, 5) is 47.9. The van der Waals surface area contributed by atoms with Crippen molar-refractivity contribution in [3.63, 3.8) is 0 Å². The molecule has 0 saturated heterocycles. The Bertz CT molecular complexity index is 1660. The van der Waals surface area contributed by atoms with Crippen LogP contribution in [-0.4, -0.2) is 52.5 Å². The van der Waals surface area contributed by atoms with Gasteiger partial charge in [-0.1, -0.05) is 36.4 Å². The molecule has 3 aromatic rings. The van der Waals surface area contributed by atoms with Crippen LogP contribution in [0.3, 0.4) is 0 Å². The highest BCUT2D eigenvalue weighted by Gasteiger charge is 2.50. The smallest absolute Gasteiger partial charge is 0.408 e. The second kappa shape index (κ2) is 13.8. The first-order valence-electron chi connectivity index (χ1n) is 17.5. The third-order valence-electron chi connectivity index (χ3n) is 10.3. The Morgan fingerprint density at radius 1 is 0.896 bits per heavy atom. The first-order chi connectivity index (χ1) is 22.8. The van der Waals surface area contributed by atoms with E-state index in [1.807, 2.05) is 82.4 Å². The predicted octanol–water partition coefficient (Wildman–Crippen LogP) is 7.20. The summed E-state index contributed by atoms with van der Waals surface area (Å²) in [7, 11) is 0. The van der Waals surface area contributed by atoms with Gasteiger partial charge in [-0.25, -0.2) is 4.79 Å². The van der Waals surface area contributed by atoms with E-state index < -0.39 is 17.2 Å². The lowest BCUT2D eigenvalue weighted by atomic mass is 9.55. The number of aromatic amines is 1. The number of ether oxygens (including phenoxy) is 2. The highest BCUT2D eigenvalue weighted by atomic mass is 16.6. The fourth-order valence-electron chi connectivity index (χ4n) is 8.45. The summed E-state index contributed by atoms with van der Waals surface area (Å²) in [5, 5.41) is 7.13. The molecule has 1 heterocycles. The highest BCUT2D eigenvalue weighted by Crippen LogP contribution is 2.54. The number of esters is 1. The van der Waals surface area contributed by atoms with E-state index in [4.69, 9.17) is 14.5 Å². The molecule has 4 saturated carbocycles. The molecule has 0 spiro atoms. The number of alkyl carbamates (subject to hydrolysis) is 1. The average Bonchev–Trinajstić information content (AvgIpc) is 3.40. The summed E-state index contributed by atoms with van der Waals surface area (Å²) >= 11 is 0. The second-order valence-electron chi connectivity index (χ2n) is 15.5. The molecule has 2 aromatic carbocycles. The van der Waals surface area contributed by atoms with Crippen LogP contribution < -0.4 is 10.6 Å². The van der Waals surface area contributed by atoms with Gasteiger partial charge >= 0.3 is 12.1 Å². The number of hydrogen-bond donors (Lipinski definition) is 3. The molecular weight excluding hydrogens is 604 g/mol. The number of carbonyl (C=O) groups is 3. The molecule has 256 valence electrons. The minimum Gasteiger partial charge on any atom is -0.460 e. The van der Waals surface area contributed by atoms with E-state index in [9.17, 15) is 14.4 Å². The molecule has 7 rings (SSSR count). The van der Waals surface area contributed by atoms with Gasteiger partial charge in [-0.2, -0.15) is 0 Å². The number of hydrogen-bond acceptors (Lipinski definition) is 6. The fourth-order valence-corrected chi connectivity index (χ4v) is 8.45. The lowest BCUT2D eigenvalue weighted by molar-refractivity contribution is -0.153. The van der Waals surface area contributed by atoms with Gasteiger partial charge in [-0.05, 0) is 120 Å². The third-order valence-corrected chi connectivity index (χ3v) is 10.3. The van der Waals surface area contributed by atoms with Crippen molar-refractivity contribution in [2.75, 3.05) is 6.54 Å². The Hall–Kier alpha value is -4.14. The van der Waals surface area contributed by atoms with Gasteiger partial charge in [-0.3, -0.25) is 14.6 Å². The number of rotatable bonds is 11. The first-order valence-corrected chi connectivity index (χ1v) is 17.5. The number of H-pyrrole nitrogens is 1. The van der Waals surface area contributed by atoms with Crippen molar-refractivity contribution in [1.29, 1.82) is 0 Å². The third kappa shape index (κ3) is 7.93. The van der Waals surface area contributed by atoms with Crippen LogP contribution in [0, 0.1) is 23.7 Å². The number of amides is 2. The largest absolute Gasteiger partial charge is 0.460 e. The minimum atomic E-state index is -1.25. The van der Waals surface area contributed by atoms with Crippen molar-refractivity contribution in [2.45, 2.75) is 103 Å². The average molecular weight is 655 g/mol. The van der Waals surface area contributed by atoms with Crippen molar-refractivity contribution < 1.29 is 23.9 Å². The zero-order valence-electron chi connectivity index (χ0n) is 28.9. The van der Waals surface area contributed by atoms with Gasteiger partial charge in [0, 0.05) is 35.8 Å². The molecule has 3 N–H and O–H groups in total. The summed E-state index contributed by atoms with van der Waals surface area (Å²) in [5.41, 5.74) is 2.44. The molecule has 0 aliphatic heterocycles. The summed E-state index contributed by atoms with van der Waals surface area (Å²) in [5.74, 6) is 1.80. The Kier molecular flexibility index (Phi) is 9.68. The van der Waals surface area contributed by atoms with Crippen LogP contribution in [0.25, 0.3) is 10.9 Å². The molecule has 9 nitrogen and oxygen atoms in total. The zero-order chi connectivity index (χ0) is 34.1. The topological polar surface area (TPSA) is 122 Å². The molecule has 1 atom stereocenters. The van der Waals surface area contributed by atoms with Gasteiger partial charge in [-0.15, -0.1) is 0 Å². The van der Waals surface area contributed by atoms with Gasteiger partial charge < -0.3 is 25.1 Å². The minimum absolute atomic E-state index is 0.0750. The normalized spacial score (nSPS) is 24.6. The van der Waals surface area contributed by atoms with Gasteiger partial charge in [0.1, 0.15) is 17.2 Å². The number of para-hydroxylation sites is 2. The van der Waals surface area contributed by atoms with E-state index in [0.717, 1.165) is 65.2 Å². The van der Waals surface area contributed by atoms with Crippen molar-refractivity contribution in [3.8, 4) is 0 Å². The van der Waals surface area contributed by atoms with E-state index in [1.54, 1.807) is 6.92 Å². The number of nitrogens with zero attached hydrogens (tertiary/aromatic N) is 1. The Morgan fingerprint density at radius 2 is 1.56 bits per heavy atom. The maximum atomic E-state index is 14.0. The number of nitrogens with one attached hydrogen (secondary N) is 3. The first kappa shape index (κ1) is 33.7. The summed E-state index contributed by atoms with van der Waals surface area (Å²) in [6, 6.07) is 15.7. The highest BCUT2D eigenvalue weighted by molar-refractivity contribution is 5.99. The van der Waals surface area contributed by atoms with E-state index in [0.29, 0.717) is 36.9 Å². The van der Waals surface area contributed by atoms with E-state index in [2.05, 4.69) is 15.6 Å². The maximum absolute atomic E-state index is 14.0. The Balaban J connectivity index is 1.13. The monoisotopic (exact) mass is 654 g/mol. The fraction of sp³-hybridized carbons (Fsp3) is 0.538. The summed E-state index contributed by atoms with van der Waals surface area (Å²) < 4.78 is 11.6. The quantitative estimate of drug-likeness (QED) is 0.149. The predicted molar refractivity (Wildman–Crippen MR) is 187 cm³/mol. The van der Waals surface area contributed by atoms with E-state index >= 15 is 0 Å². The number of aromatic nitrogens is 1. The van der Waals surface area contributed by atoms with Gasteiger partial charge in [0.2, 0.25) is 5.91 Å². The lowest BCUT2D eigenvalue weighted by Crippen LogP contribution is -2.60.